The van der Waals surface area contributed by atoms with Crippen LogP contribution in [0.2, 0.25) is 0 Å². The normalized spacial score (nSPS) is 20.3. The molecule has 0 saturated carbocycles. The van der Waals surface area contributed by atoms with Crippen LogP contribution in [0.25, 0.3) is 0 Å². The van der Waals surface area contributed by atoms with Gasteiger partial charge in [0, 0.05) is 13.1 Å². The molecule has 0 N–H and O–H groups in total. The molecule has 0 radical (unpaired) electrons. The zero-order valence-electron chi connectivity index (χ0n) is 14.2. The van der Waals surface area contributed by atoms with Crippen molar-refractivity contribution >= 4 is 15.7 Å². The third-order valence-corrected chi connectivity index (χ3v) is 5.95. The maximum atomic E-state index is 12.3. The molecule has 2 rings (SSSR count). The molecule has 5 nitrogen and oxygen atoms in total. The number of para-hydroxylation sites is 1. The summed E-state index contributed by atoms with van der Waals surface area (Å²) in [5.74, 6) is 0.702. The van der Waals surface area contributed by atoms with E-state index in [9.17, 15) is 13.2 Å². The largest absolute Gasteiger partial charge is 0.483 e. The number of ether oxygens (including phenoxy) is 1. The highest BCUT2D eigenvalue weighted by molar-refractivity contribution is 7.91. The van der Waals surface area contributed by atoms with Gasteiger partial charge in [0.25, 0.3) is 5.91 Å². The van der Waals surface area contributed by atoms with E-state index in [-0.39, 0.29) is 35.5 Å². The van der Waals surface area contributed by atoms with Gasteiger partial charge in [-0.1, -0.05) is 39.0 Å². The Bertz CT molecular complexity index is 676. The number of nitrogens with zero attached hydrogens (tertiary/aromatic N) is 1. The number of hydrogen-bond donors (Lipinski definition) is 0. The van der Waals surface area contributed by atoms with E-state index in [1.807, 2.05) is 24.3 Å². The molecule has 23 heavy (non-hydrogen) atoms. The van der Waals surface area contributed by atoms with Crippen LogP contribution in [0.4, 0.5) is 0 Å². The van der Waals surface area contributed by atoms with Crippen molar-refractivity contribution in [2.75, 3.05) is 25.2 Å². The summed E-state index contributed by atoms with van der Waals surface area (Å²) in [6, 6.07) is 7.43. The number of likely N-dealkylation sites (N-methyl/N-ethyl adjacent to an activating group) is 1. The topological polar surface area (TPSA) is 63.7 Å². The lowest BCUT2D eigenvalue weighted by molar-refractivity contribution is -0.133. The summed E-state index contributed by atoms with van der Waals surface area (Å²) in [6.45, 7) is 6.19. The first-order chi connectivity index (χ1) is 10.6. The third-order valence-electron chi connectivity index (χ3n) is 4.20. The van der Waals surface area contributed by atoms with Crippen molar-refractivity contribution < 1.29 is 17.9 Å². The Morgan fingerprint density at radius 2 is 1.96 bits per heavy atom. The highest BCUT2D eigenvalue weighted by Gasteiger charge is 2.32. The summed E-state index contributed by atoms with van der Waals surface area (Å²) in [4.78, 5) is 13.8. The van der Waals surface area contributed by atoms with Gasteiger partial charge in [-0.3, -0.25) is 4.79 Å². The van der Waals surface area contributed by atoms with Gasteiger partial charge in [0.15, 0.2) is 16.4 Å². The Morgan fingerprint density at radius 1 is 1.30 bits per heavy atom. The van der Waals surface area contributed by atoms with Crippen molar-refractivity contribution in [2.45, 2.75) is 38.6 Å². The first kappa shape index (κ1) is 17.8. The zero-order valence-corrected chi connectivity index (χ0v) is 15.0. The van der Waals surface area contributed by atoms with Crippen LogP contribution in [0.1, 0.15) is 32.8 Å². The molecule has 1 saturated heterocycles. The van der Waals surface area contributed by atoms with E-state index in [1.54, 1.807) is 7.05 Å². The molecule has 1 heterocycles. The molecule has 1 unspecified atom stereocenters. The molecular weight excluding hydrogens is 314 g/mol. The Morgan fingerprint density at radius 3 is 2.52 bits per heavy atom. The van der Waals surface area contributed by atoms with Crippen molar-refractivity contribution in [3.8, 4) is 5.75 Å². The molecule has 1 aliphatic heterocycles. The summed E-state index contributed by atoms with van der Waals surface area (Å²) < 4.78 is 28.8. The Kier molecular flexibility index (Phi) is 5.04. The van der Waals surface area contributed by atoms with Gasteiger partial charge in [0.1, 0.15) is 5.75 Å². The van der Waals surface area contributed by atoms with Gasteiger partial charge in [-0.2, -0.15) is 0 Å². The number of carbonyl (C=O) groups is 1. The Labute approximate surface area is 138 Å². The second-order valence-electron chi connectivity index (χ2n) is 7.10. The van der Waals surface area contributed by atoms with E-state index in [2.05, 4.69) is 20.8 Å². The van der Waals surface area contributed by atoms with Crippen LogP contribution in [0.15, 0.2) is 24.3 Å². The number of benzene rings is 1. The first-order valence-electron chi connectivity index (χ1n) is 7.78. The van der Waals surface area contributed by atoms with Crippen LogP contribution in [0.3, 0.4) is 0 Å². The standard InChI is InChI=1S/C17H25NO4S/c1-17(2,3)14-7-5-6-8-15(14)22-11-16(19)18(4)13-9-10-23(20,21)12-13/h5-8,13H,9-12H2,1-4H3. The van der Waals surface area contributed by atoms with Gasteiger partial charge < -0.3 is 9.64 Å². The average molecular weight is 339 g/mol. The zero-order chi connectivity index (χ0) is 17.3. The minimum Gasteiger partial charge on any atom is -0.483 e. The molecule has 1 aliphatic rings. The fourth-order valence-corrected chi connectivity index (χ4v) is 4.51. The van der Waals surface area contributed by atoms with Crippen molar-refractivity contribution in [1.82, 2.24) is 4.90 Å². The van der Waals surface area contributed by atoms with E-state index in [0.29, 0.717) is 12.2 Å². The van der Waals surface area contributed by atoms with Crippen molar-refractivity contribution in [2.24, 2.45) is 0 Å². The smallest absolute Gasteiger partial charge is 0.260 e. The van der Waals surface area contributed by atoms with Gasteiger partial charge >= 0.3 is 0 Å². The maximum absolute atomic E-state index is 12.3. The molecule has 6 heteroatoms. The fraction of sp³-hybridized carbons (Fsp3) is 0.588. The van der Waals surface area contributed by atoms with Gasteiger partial charge in [0.2, 0.25) is 0 Å². The second-order valence-corrected chi connectivity index (χ2v) is 9.33. The van der Waals surface area contributed by atoms with Crippen LogP contribution in [-0.2, 0) is 20.0 Å². The van der Waals surface area contributed by atoms with Crippen LogP contribution < -0.4 is 4.74 Å². The predicted octanol–water partition coefficient (Wildman–Crippen LogP) is 2.01. The van der Waals surface area contributed by atoms with Crippen molar-refractivity contribution in [3.63, 3.8) is 0 Å². The summed E-state index contributed by atoms with van der Waals surface area (Å²) in [7, 11) is -1.36. The minimum atomic E-state index is -3.00. The summed E-state index contributed by atoms with van der Waals surface area (Å²) in [5, 5.41) is 0. The van der Waals surface area contributed by atoms with E-state index in [4.69, 9.17) is 4.74 Å². The van der Waals surface area contributed by atoms with Crippen molar-refractivity contribution in [3.05, 3.63) is 29.8 Å². The molecular formula is C17H25NO4S. The molecule has 1 atom stereocenters. The molecule has 128 valence electrons. The predicted molar refractivity (Wildman–Crippen MR) is 90.5 cm³/mol. The molecule has 0 bridgehead atoms. The number of amides is 1. The molecule has 0 aromatic heterocycles. The average Bonchev–Trinajstić information content (AvgIpc) is 2.83. The van der Waals surface area contributed by atoms with E-state index >= 15 is 0 Å². The Balaban J connectivity index is 2.00. The SMILES string of the molecule is CN(C(=O)COc1ccccc1C(C)(C)C)C1CCS(=O)(=O)C1. The lowest BCUT2D eigenvalue weighted by atomic mass is 9.86. The molecule has 0 aliphatic carbocycles. The van der Waals surface area contributed by atoms with Crippen LogP contribution in [0, 0.1) is 0 Å². The maximum Gasteiger partial charge on any atom is 0.260 e. The molecule has 1 fully saturated rings. The van der Waals surface area contributed by atoms with Crippen molar-refractivity contribution in [1.29, 1.82) is 0 Å². The number of rotatable bonds is 4. The second kappa shape index (κ2) is 6.51. The van der Waals surface area contributed by atoms with Crippen LogP contribution in [-0.4, -0.2) is 50.4 Å². The summed E-state index contributed by atoms with van der Waals surface area (Å²) >= 11 is 0. The highest BCUT2D eigenvalue weighted by Crippen LogP contribution is 2.31. The molecule has 1 aromatic carbocycles. The van der Waals surface area contributed by atoms with Gasteiger partial charge in [-0.15, -0.1) is 0 Å². The summed E-state index contributed by atoms with van der Waals surface area (Å²) in [5.41, 5.74) is 0.962. The third kappa shape index (κ3) is 4.47. The Hall–Kier alpha value is -1.56. The number of carbonyl (C=O) groups excluding carboxylic acids is 1. The molecule has 1 amide bonds. The lowest BCUT2D eigenvalue weighted by Crippen LogP contribution is -2.40. The highest BCUT2D eigenvalue weighted by atomic mass is 32.2. The van der Waals surface area contributed by atoms with E-state index < -0.39 is 9.84 Å². The lowest BCUT2D eigenvalue weighted by Gasteiger charge is -2.25. The molecule has 1 aromatic rings. The summed E-state index contributed by atoms with van der Waals surface area (Å²) in [6.07, 6.45) is 0.503. The van der Waals surface area contributed by atoms with Gasteiger partial charge in [0.05, 0.1) is 11.5 Å². The quantitative estimate of drug-likeness (QED) is 0.842. The minimum absolute atomic E-state index is 0.0494. The first-order valence-corrected chi connectivity index (χ1v) is 9.61. The van der Waals surface area contributed by atoms with Gasteiger partial charge in [-0.25, -0.2) is 8.42 Å². The fourth-order valence-electron chi connectivity index (χ4n) is 2.74. The van der Waals surface area contributed by atoms with Crippen LogP contribution >= 0.6 is 0 Å². The number of sulfone groups is 1. The van der Waals surface area contributed by atoms with E-state index in [1.165, 1.54) is 4.90 Å². The number of hydrogen-bond acceptors (Lipinski definition) is 4. The molecule has 0 spiro atoms. The van der Waals surface area contributed by atoms with E-state index in [0.717, 1.165) is 5.56 Å². The van der Waals surface area contributed by atoms with Gasteiger partial charge in [-0.05, 0) is 23.5 Å². The van der Waals surface area contributed by atoms with Crippen LogP contribution in [0.5, 0.6) is 5.75 Å². The monoisotopic (exact) mass is 339 g/mol.